The summed E-state index contributed by atoms with van der Waals surface area (Å²) in [5.41, 5.74) is 0.807. The molecule has 7 N–H and O–H groups in total. The number of ketones is 2. The number of aromatic hydroxyl groups is 1. The number of phenolic OH excluding ortho intramolecular Hbond substituents is 1. The van der Waals surface area contributed by atoms with E-state index in [0.29, 0.717) is 0 Å². The molecule has 4 unspecified atom stereocenters. The lowest BCUT2D eigenvalue weighted by molar-refractivity contribution is -0.159. The molecule has 1 saturated carbocycles. The number of nitrogens with zero attached hydrogens (tertiary/aromatic N) is 1. The molecule has 0 aromatic heterocycles. The summed E-state index contributed by atoms with van der Waals surface area (Å²) in [7, 11) is 1.63. The van der Waals surface area contributed by atoms with E-state index < -0.39 is 69.9 Å². The van der Waals surface area contributed by atoms with Crippen LogP contribution in [0.2, 0.25) is 0 Å². The van der Waals surface area contributed by atoms with Gasteiger partial charge in [0.25, 0.3) is 0 Å². The molecular weight excluding hydrogens is 470 g/mol. The number of hydrogen-bond donors (Lipinski definition) is 6. The van der Waals surface area contributed by atoms with Gasteiger partial charge in [0.05, 0.1) is 41.4 Å². The highest BCUT2D eigenvalue weighted by molar-refractivity contribution is 6.19. The first-order chi connectivity index (χ1) is 16.9. The number of phenols is 1. The Balaban J connectivity index is 1.81. The number of carbonyl (C=O) groups excluding carboxylic acids is 4. The molecule has 0 heterocycles. The molecule has 190 valence electrons. The van der Waals surface area contributed by atoms with Gasteiger partial charge in [0, 0.05) is 12.3 Å². The largest absolute Gasteiger partial charge is 0.508 e. The fourth-order valence-electron chi connectivity index (χ4n) is 5.70. The number of anilines is 1. The molecule has 11 nitrogen and oxygen atoms in total. The van der Waals surface area contributed by atoms with Crippen molar-refractivity contribution in [1.29, 1.82) is 0 Å². The quantitative estimate of drug-likeness (QED) is 0.228. The number of carbonyl (C=O) groups is 4. The fraction of sp³-hybridized carbons (Fsp3) is 0.440. The van der Waals surface area contributed by atoms with Gasteiger partial charge in [-0.2, -0.15) is 0 Å². The Labute approximate surface area is 206 Å². The number of aliphatic hydroxyl groups is 3. The molecule has 4 rings (SSSR count). The fourth-order valence-corrected chi connectivity index (χ4v) is 5.70. The zero-order valence-electron chi connectivity index (χ0n) is 19.6. The van der Waals surface area contributed by atoms with Gasteiger partial charge in [-0.05, 0) is 37.9 Å². The maximum atomic E-state index is 13.7. The van der Waals surface area contributed by atoms with Crippen molar-refractivity contribution < 1.29 is 39.6 Å². The van der Waals surface area contributed by atoms with E-state index in [-0.39, 0.29) is 49.2 Å². The summed E-state index contributed by atoms with van der Waals surface area (Å²) in [6.45, 7) is 0.123. The Kier molecular flexibility index (Phi) is 6.16. The summed E-state index contributed by atoms with van der Waals surface area (Å²) < 4.78 is 0. The predicted molar refractivity (Wildman–Crippen MR) is 126 cm³/mol. The highest BCUT2D eigenvalue weighted by Crippen LogP contribution is 2.56. The summed E-state index contributed by atoms with van der Waals surface area (Å²) >= 11 is 0. The Morgan fingerprint density at radius 2 is 2.00 bits per heavy atom. The SMILES string of the molecule is C#CCN(C)CC(=O)Nc1ccc2c(c1O)C(=O)C1=C(O)C3(O)C(=O)CC(O)CC3CC1(C(N)=O)C2. The molecule has 0 saturated heterocycles. The van der Waals surface area contributed by atoms with Crippen LogP contribution < -0.4 is 11.1 Å². The second-order valence-corrected chi connectivity index (χ2v) is 9.78. The average molecular weight is 498 g/mol. The van der Waals surface area contributed by atoms with E-state index in [4.69, 9.17) is 12.2 Å². The lowest BCUT2D eigenvalue weighted by atomic mass is 9.53. The van der Waals surface area contributed by atoms with Crippen molar-refractivity contribution in [1.82, 2.24) is 4.90 Å². The molecule has 1 fully saturated rings. The van der Waals surface area contributed by atoms with Crippen LogP contribution in [0, 0.1) is 23.7 Å². The number of likely N-dealkylation sites (N-methyl/N-ethyl adjacent to an activating group) is 1. The molecule has 0 bridgehead atoms. The Morgan fingerprint density at radius 3 is 2.64 bits per heavy atom. The van der Waals surface area contributed by atoms with Gasteiger partial charge in [0.15, 0.2) is 22.9 Å². The Hall–Kier alpha value is -3.72. The third-order valence-electron chi connectivity index (χ3n) is 7.40. The number of aliphatic hydroxyl groups excluding tert-OH is 2. The molecule has 0 radical (unpaired) electrons. The number of Topliss-reactive ketones (excluding diaryl/α,β-unsaturated/α-hetero) is 2. The first-order valence-electron chi connectivity index (χ1n) is 11.4. The Bertz CT molecular complexity index is 1260. The van der Waals surface area contributed by atoms with Gasteiger partial charge in [-0.15, -0.1) is 6.42 Å². The van der Waals surface area contributed by atoms with Crippen molar-refractivity contribution in [2.24, 2.45) is 17.1 Å². The number of fused-ring (bicyclic) bond motifs is 3. The highest BCUT2D eigenvalue weighted by atomic mass is 16.3. The van der Waals surface area contributed by atoms with Crippen molar-refractivity contribution in [3.8, 4) is 18.1 Å². The zero-order valence-corrected chi connectivity index (χ0v) is 19.6. The molecule has 3 aliphatic carbocycles. The topological polar surface area (TPSA) is 190 Å². The second kappa shape index (κ2) is 8.74. The van der Waals surface area contributed by atoms with Crippen molar-refractivity contribution in [3.63, 3.8) is 0 Å². The van der Waals surface area contributed by atoms with Crippen molar-refractivity contribution in [2.45, 2.75) is 37.4 Å². The van der Waals surface area contributed by atoms with Crippen molar-refractivity contribution in [2.75, 3.05) is 25.5 Å². The third kappa shape index (κ3) is 3.65. The molecule has 36 heavy (non-hydrogen) atoms. The number of terminal acetylenes is 1. The van der Waals surface area contributed by atoms with Crippen LogP contribution in [-0.4, -0.2) is 80.5 Å². The van der Waals surface area contributed by atoms with Gasteiger partial charge >= 0.3 is 0 Å². The number of rotatable bonds is 5. The number of nitrogens with one attached hydrogen (secondary N) is 1. The minimum Gasteiger partial charge on any atom is -0.508 e. The maximum Gasteiger partial charge on any atom is 0.238 e. The van der Waals surface area contributed by atoms with Crippen LogP contribution >= 0.6 is 0 Å². The van der Waals surface area contributed by atoms with E-state index in [1.165, 1.54) is 12.1 Å². The molecule has 1 aromatic carbocycles. The first-order valence-corrected chi connectivity index (χ1v) is 11.4. The monoisotopic (exact) mass is 497 g/mol. The third-order valence-corrected chi connectivity index (χ3v) is 7.40. The van der Waals surface area contributed by atoms with Crippen molar-refractivity contribution in [3.05, 3.63) is 34.6 Å². The van der Waals surface area contributed by atoms with E-state index in [2.05, 4.69) is 11.2 Å². The average Bonchev–Trinajstić information content (AvgIpc) is 2.77. The van der Waals surface area contributed by atoms with Gasteiger partial charge in [-0.3, -0.25) is 24.1 Å². The van der Waals surface area contributed by atoms with Crippen LogP contribution in [0.3, 0.4) is 0 Å². The number of hydrogen-bond acceptors (Lipinski definition) is 9. The molecule has 0 spiro atoms. The van der Waals surface area contributed by atoms with Gasteiger partial charge in [-0.1, -0.05) is 12.0 Å². The molecule has 4 atom stereocenters. The lowest BCUT2D eigenvalue weighted by Gasteiger charge is -2.51. The standard InChI is InChI=1S/C25H27N3O8/c1-3-6-28(2)11-17(31)27-15-5-4-12-9-24(23(26)35)10-13-7-14(29)8-16(30)25(13,36)22(34)19(24)21(33)18(12)20(15)32/h1,4-5,13-14,29,32,34,36H,6-11H2,2H3,(H2,26,35)(H,27,31). The molecule has 2 amide bonds. The normalized spacial score (nSPS) is 29.2. The number of benzene rings is 1. The molecule has 11 heteroatoms. The van der Waals surface area contributed by atoms with Crippen LogP contribution in [0.5, 0.6) is 5.75 Å². The van der Waals surface area contributed by atoms with Gasteiger partial charge in [0.1, 0.15) is 5.76 Å². The van der Waals surface area contributed by atoms with E-state index in [1.807, 2.05) is 0 Å². The molecule has 3 aliphatic rings. The van der Waals surface area contributed by atoms with Crippen LogP contribution in [-0.2, 0) is 20.8 Å². The van der Waals surface area contributed by atoms with Crippen LogP contribution in [0.25, 0.3) is 0 Å². The van der Waals surface area contributed by atoms with Gasteiger partial charge < -0.3 is 31.5 Å². The summed E-state index contributed by atoms with van der Waals surface area (Å²) in [5, 5.41) is 45.8. The molecule has 0 aliphatic heterocycles. The number of primary amides is 1. The smallest absolute Gasteiger partial charge is 0.238 e. The molecular formula is C25H27N3O8. The lowest BCUT2D eigenvalue weighted by Crippen LogP contribution is -2.62. The second-order valence-electron chi connectivity index (χ2n) is 9.78. The summed E-state index contributed by atoms with van der Waals surface area (Å²) in [6.07, 6.45) is 3.17. The van der Waals surface area contributed by atoms with E-state index in [1.54, 1.807) is 11.9 Å². The predicted octanol–water partition coefficient (Wildman–Crippen LogP) is -0.607. The number of amides is 2. The molecule has 1 aromatic rings. The maximum absolute atomic E-state index is 13.7. The number of nitrogens with two attached hydrogens (primary N) is 1. The summed E-state index contributed by atoms with van der Waals surface area (Å²) in [4.78, 5) is 53.1. The van der Waals surface area contributed by atoms with E-state index in [9.17, 15) is 39.6 Å². The van der Waals surface area contributed by atoms with Crippen LogP contribution in [0.15, 0.2) is 23.5 Å². The van der Waals surface area contributed by atoms with Gasteiger partial charge in [-0.25, -0.2) is 0 Å². The van der Waals surface area contributed by atoms with Crippen molar-refractivity contribution >= 4 is 29.1 Å². The first kappa shape index (κ1) is 25.4. The summed E-state index contributed by atoms with van der Waals surface area (Å²) in [5.74, 6) is -3.58. The Morgan fingerprint density at radius 1 is 1.31 bits per heavy atom. The minimum atomic E-state index is -2.47. The van der Waals surface area contributed by atoms with Crippen LogP contribution in [0.4, 0.5) is 5.69 Å². The summed E-state index contributed by atoms with van der Waals surface area (Å²) in [6, 6.07) is 2.82. The zero-order chi connectivity index (χ0) is 26.6. The highest BCUT2D eigenvalue weighted by Gasteiger charge is 2.64. The van der Waals surface area contributed by atoms with Gasteiger partial charge in [0.2, 0.25) is 11.8 Å². The van der Waals surface area contributed by atoms with E-state index in [0.717, 1.165) is 0 Å². The van der Waals surface area contributed by atoms with E-state index >= 15 is 0 Å². The minimum absolute atomic E-state index is 0.0833. The van der Waals surface area contributed by atoms with Crippen LogP contribution in [0.1, 0.15) is 35.2 Å².